The monoisotopic (exact) mass is 342 g/mol. The van der Waals surface area contributed by atoms with Crippen molar-refractivity contribution in [2.24, 2.45) is 5.92 Å². The Hall–Kier alpha value is -3.03. The Kier molecular flexibility index (Phi) is 3.79. The van der Waals surface area contributed by atoms with Crippen LogP contribution in [0, 0.1) is 5.92 Å². The van der Waals surface area contributed by atoms with Gasteiger partial charge in [0.2, 0.25) is 18.6 Å². The molecule has 1 saturated heterocycles. The van der Waals surface area contributed by atoms with Crippen molar-refractivity contribution in [3.8, 4) is 22.6 Å². The van der Waals surface area contributed by atoms with E-state index in [9.17, 15) is 9.59 Å². The molecule has 8 nitrogen and oxygen atoms in total. The molecule has 0 bridgehead atoms. The number of hydrogen-bond acceptors (Lipinski definition) is 5. The summed E-state index contributed by atoms with van der Waals surface area (Å²) < 4.78 is 10.7. The van der Waals surface area contributed by atoms with Crippen molar-refractivity contribution in [3.05, 3.63) is 24.4 Å². The number of carbonyl (C=O) groups excluding carboxylic acids is 2. The summed E-state index contributed by atoms with van der Waals surface area (Å²) in [5.74, 6) is 1.35. The van der Waals surface area contributed by atoms with E-state index in [4.69, 9.17) is 9.47 Å². The molecule has 0 spiro atoms. The molecule has 0 saturated carbocycles. The number of H-pyrrole nitrogens is 1. The number of benzene rings is 1. The first-order chi connectivity index (χ1) is 12.2. The third-order valence-electron chi connectivity index (χ3n) is 4.54. The Morgan fingerprint density at radius 1 is 1.40 bits per heavy atom. The molecule has 1 fully saturated rings. The van der Waals surface area contributed by atoms with E-state index in [2.05, 4.69) is 15.5 Å². The number of aromatic amines is 1. The van der Waals surface area contributed by atoms with Gasteiger partial charge in [-0.1, -0.05) is 6.07 Å². The molecule has 1 aromatic carbocycles. The average molecular weight is 342 g/mol. The lowest BCUT2D eigenvalue weighted by atomic mass is 10.1. The summed E-state index contributed by atoms with van der Waals surface area (Å²) >= 11 is 0. The molecule has 2 amide bonds. The van der Waals surface area contributed by atoms with Gasteiger partial charge in [0.05, 0.1) is 12.1 Å². The van der Waals surface area contributed by atoms with E-state index in [-0.39, 0.29) is 30.9 Å². The SMILES string of the molecule is CCN1C[C@@H](C(=O)Nc2[nH]ncc2-c2ccc3c(c2)OCO3)CC1=O. The molecule has 8 heteroatoms. The summed E-state index contributed by atoms with van der Waals surface area (Å²) in [6.45, 7) is 3.19. The van der Waals surface area contributed by atoms with Crippen LogP contribution in [-0.2, 0) is 9.59 Å². The lowest BCUT2D eigenvalue weighted by Crippen LogP contribution is -2.28. The summed E-state index contributed by atoms with van der Waals surface area (Å²) in [6.07, 6.45) is 1.89. The molecule has 0 aliphatic carbocycles. The first kappa shape index (κ1) is 15.5. The first-order valence-corrected chi connectivity index (χ1v) is 8.17. The van der Waals surface area contributed by atoms with Gasteiger partial charge in [0.1, 0.15) is 5.82 Å². The topological polar surface area (TPSA) is 96.6 Å². The highest BCUT2D eigenvalue weighted by Gasteiger charge is 2.33. The highest BCUT2D eigenvalue weighted by atomic mass is 16.7. The number of nitrogens with zero attached hydrogens (tertiary/aromatic N) is 2. The van der Waals surface area contributed by atoms with Crippen molar-refractivity contribution < 1.29 is 19.1 Å². The summed E-state index contributed by atoms with van der Waals surface area (Å²) in [5.41, 5.74) is 1.61. The van der Waals surface area contributed by atoms with Crippen LogP contribution in [0.4, 0.5) is 5.82 Å². The van der Waals surface area contributed by atoms with Gasteiger partial charge in [-0.2, -0.15) is 5.10 Å². The van der Waals surface area contributed by atoms with Crippen molar-refractivity contribution in [1.29, 1.82) is 0 Å². The van der Waals surface area contributed by atoms with E-state index in [0.717, 1.165) is 11.1 Å². The first-order valence-electron chi connectivity index (χ1n) is 8.17. The van der Waals surface area contributed by atoms with Crippen molar-refractivity contribution >= 4 is 17.6 Å². The summed E-state index contributed by atoms with van der Waals surface area (Å²) in [6, 6.07) is 5.55. The van der Waals surface area contributed by atoms with Crippen LogP contribution >= 0.6 is 0 Å². The van der Waals surface area contributed by atoms with E-state index in [1.165, 1.54) is 0 Å². The molecular weight excluding hydrogens is 324 g/mol. The lowest BCUT2D eigenvalue weighted by Gasteiger charge is -2.13. The Morgan fingerprint density at radius 2 is 2.24 bits per heavy atom. The number of aromatic nitrogens is 2. The van der Waals surface area contributed by atoms with Gasteiger partial charge in [0, 0.05) is 25.1 Å². The van der Waals surface area contributed by atoms with Gasteiger partial charge in [0.25, 0.3) is 0 Å². The van der Waals surface area contributed by atoms with E-state index in [1.807, 2.05) is 25.1 Å². The summed E-state index contributed by atoms with van der Waals surface area (Å²) in [7, 11) is 0. The molecule has 25 heavy (non-hydrogen) atoms. The van der Waals surface area contributed by atoms with Gasteiger partial charge >= 0.3 is 0 Å². The van der Waals surface area contributed by atoms with Crippen LogP contribution < -0.4 is 14.8 Å². The minimum Gasteiger partial charge on any atom is -0.454 e. The zero-order valence-electron chi connectivity index (χ0n) is 13.7. The Morgan fingerprint density at radius 3 is 3.04 bits per heavy atom. The third-order valence-corrected chi connectivity index (χ3v) is 4.54. The van der Waals surface area contributed by atoms with E-state index in [0.29, 0.717) is 30.4 Å². The van der Waals surface area contributed by atoms with Gasteiger partial charge in [-0.25, -0.2) is 0 Å². The predicted molar refractivity (Wildman–Crippen MR) is 89.1 cm³/mol. The fourth-order valence-electron chi connectivity index (χ4n) is 3.14. The van der Waals surface area contributed by atoms with Gasteiger partial charge in [-0.15, -0.1) is 0 Å². The standard InChI is InChI=1S/C17H18N4O4/c1-2-21-8-11(6-15(21)22)17(23)19-16-12(7-18-20-16)10-3-4-13-14(5-10)25-9-24-13/h3-5,7,11H,2,6,8-9H2,1H3,(H2,18,19,20,23)/t11-/m0/s1. The van der Waals surface area contributed by atoms with Crippen LogP contribution in [0.3, 0.4) is 0 Å². The van der Waals surface area contributed by atoms with Crippen molar-refractivity contribution in [2.75, 3.05) is 25.2 Å². The molecule has 130 valence electrons. The number of anilines is 1. The van der Waals surface area contributed by atoms with Gasteiger partial charge in [-0.05, 0) is 24.6 Å². The molecule has 0 unspecified atom stereocenters. The maximum absolute atomic E-state index is 12.5. The van der Waals surface area contributed by atoms with E-state index < -0.39 is 0 Å². The van der Waals surface area contributed by atoms with Crippen LogP contribution in [0.25, 0.3) is 11.1 Å². The molecule has 2 N–H and O–H groups in total. The molecule has 1 atom stereocenters. The number of hydrogen-bond donors (Lipinski definition) is 2. The minimum atomic E-state index is -0.347. The maximum atomic E-state index is 12.5. The Balaban J connectivity index is 1.52. The predicted octanol–water partition coefficient (Wildman–Crippen LogP) is 1.61. The van der Waals surface area contributed by atoms with Crippen molar-refractivity contribution in [3.63, 3.8) is 0 Å². The van der Waals surface area contributed by atoms with E-state index in [1.54, 1.807) is 11.1 Å². The normalized spacial score (nSPS) is 18.7. The fraction of sp³-hybridized carbons (Fsp3) is 0.353. The Labute approximate surface area is 144 Å². The third kappa shape index (κ3) is 2.79. The summed E-state index contributed by atoms with van der Waals surface area (Å²) in [4.78, 5) is 26.0. The lowest BCUT2D eigenvalue weighted by molar-refractivity contribution is -0.128. The zero-order valence-corrected chi connectivity index (χ0v) is 13.7. The number of amides is 2. The number of fused-ring (bicyclic) bond motifs is 1. The van der Waals surface area contributed by atoms with Crippen molar-refractivity contribution in [1.82, 2.24) is 15.1 Å². The maximum Gasteiger partial charge on any atom is 0.231 e. The molecule has 1 aromatic heterocycles. The number of likely N-dealkylation sites (tertiary alicyclic amines) is 1. The smallest absolute Gasteiger partial charge is 0.231 e. The molecule has 2 aliphatic rings. The van der Waals surface area contributed by atoms with Crippen LogP contribution in [0.2, 0.25) is 0 Å². The van der Waals surface area contributed by atoms with Crippen molar-refractivity contribution in [2.45, 2.75) is 13.3 Å². The molecular formula is C17H18N4O4. The quantitative estimate of drug-likeness (QED) is 0.880. The van der Waals surface area contributed by atoms with Crippen LogP contribution in [-0.4, -0.2) is 46.8 Å². The van der Waals surface area contributed by atoms with Crippen LogP contribution in [0.15, 0.2) is 24.4 Å². The van der Waals surface area contributed by atoms with Crippen LogP contribution in [0.5, 0.6) is 11.5 Å². The second-order valence-corrected chi connectivity index (χ2v) is 6.05. The van der Waals surface area contributed by atoms with Gasteiger partial charge in [-0.3, -0.25) is 14.7 Å². The largest absolute Gasteiger partial charge is 0.454 e. The second kappa shape index (κ2) is 6.12. The fourth-order valence-corrected chi connectivity index (χ4v) is 3.14. The number of ether oxygens (including phenoxy) is 2. The Bertz CT molecular complexity index is 832. The minimum absolute atomic E-state index is 0.0169. The molecule has 0 radical (unpaired) electrons. The molecule has 3 heterocycles. The zero-order chi connectivity index (χ0) is 17.4. The highest BCUT2D eigenvalue weighted by Crippen LogP contribution is 2.37. The number of rotatable bonds is 4. The number of carbonyl (C=O) groups is 2. The highest BCUT2D eigenvalue weighted by molar-refractivity contribution is 5.99. The number of nitrogens with one attached hydrogen (secondary N) is 2. The molecule has 2 aromatic rings. The molecule has 2 aliphatic heterocycles. The second-order valence-electron chi connectivity index (χ2n) is 6.05. The van der Waals surface area contributed by atoms with Crippen LogP contribution in [0.1, 0.15) is 13.3 Å². The van der Waals surface area contributed by atoms with Gasteiger partial charge in [0.15, 0.2) is 11.5 Å². The van der Waals surface area contributed by atoms with E-state index >= 15 is 0 Å². The average Bonchev–Trinajstić information content (AvgIpc) is 3.32. The molecule has 4 rings (SSSR count). The summed E-state index contributed by atoms with van der Waals surface area (Å²) in [5, 5.41) is 9.69. The van der Waals surface area contributed by atoms with Gasteiger partial charge < -0.3 is 19.7 Å².